The Labute approximate surface area is 191 Å². The van der Waals surface area contributed by atoms with Crippen molar-refractivity contribution >= 4 is 29.9 Å². The Balaban J connectivity index is 6.50. The highest BCUT2D eigenvalue weighted by Crippen LogP contribution is 2.61. The average molecular weight is 461 g/mol. The van der Waals surface area contributed by atoms with Gasteiger partial charge in [0.05, 0.1) is 0 Å². The highest BCUT2D eigenvalue weighted by atomic mass is 31.1. The largest absolute Gasteiger partial charge is 0.162 e. The van der Waals surface area contributed by atoms with E-state index in [0.717, 1.165) is 34.0 Å². The lowest BCUT2D eigenvalue weighted by Crippen LogP contribution is -2.56. The molecule has 4 heteroatoms. The standard InChI is InChI=1S/C25H57BP3/c1-19(2)27(20(3)4)16-26(25(13,14)15,17-28(21(5)6)22(7)8)18-29(23(9)10)24(11)12/h19-24H,16-18H2,1-15H3/q-1. The van der Waals surface area contributed by atoms with Gasteiger partial charge in [-0.25, -0.2) is 0 Å². The second-order valence-corrected chi connectivity index (χ2v) is 22.9. The molecule has 0 amide bonds. The quantitative estimate of drug-likeness (QED) is 0.200. The van der Waals surface area contributed by atoms with Gasteiger partial charge in [0.15, 0.2) is 0 Å². The molecule has 0 radical (unpaired) electrons. The summed E-state index contributed by atoms with van der Waals surface area (Å²) in [4.78, 5) is 0. The van der Waals surface area contributed by atoms with Crippen LogP contribution in [0.15, 0.2) is 0 Å². The summed E-state index contributed by atoms with van der Waals surface area (Å²) >= 11 is 0. The molecule has 0 nitrogen and oxygen atoms in total. The summed E-state index contributed by atoms with van der Waals surface area (Å²) in [6, 6.07) is 4.64. The third-order valence-corrected chi connectivity index (χ3v) is 18.8. The van der Waals surface area contributed by atoms with Crippen LogP contribution in [0.1, 0.15) is 104 Å². The second kappa shape index (κ2) is 12.6. The summed E-state index contributed by atoms with van der Waals surface area (Å²) < 4.78 is 0. The van der Waals surface area contributed by atoms with Crippen molar-refractivity contribution in [2.75, 3.05) is 18.2 Å². The molecule has 0 heterocycles. The first kappa shape index (κ1) is 30.4. The fourth-order valence-corrected chi connectivity index (χ4v) is 16.8. The molecule has 0 N–H and O–H groups in total. The molecule has 0 spiro atoms. The summed E-state index contributed by atoms with van der Waals surface area (Å²) in [6.45, 7) is 38.0. The predicted octanol–water partition coefficient (Wildman–Crippen LogP) is 9.75. The van der Waals surface area contributed by atoms with Gasteiger partial charge < -0.3 is 0 Å². The van der Waals surface area contributed by atoms with E-state index in [1.165, 1.54) is 0 Å². The summed E-state index contributed by atoms with van der Waals surface area (Å²) in [5.74, 6) is 0. The SMILES string of the molecule is CC(C)P(C[B-](CP(C(C)C)C(C)C)(CP(C(C)C)C(C)C)C(C)(C)C)C(C)C. The van der Waals surface area contributed by atoms with Gasteiger partial charge in [-0.2, -0.15) is 23.5 Å². The van der Waals surface area contributed by atoms with Crippen LogP contribution in [0.2, 0.25) is 5.31 Å². The number of hydrogen-bond acceptors (Lipinski definition) is 0. The van der Waals surface area contributed by atoms with Crippen molar-refractivity contribution in [3.63, 3.8) is 0 Å². The van der Waals surface area contributed by atoms with Crippen LogP contribution in [0.5, 0.6) is 0 Å². The number of rotatable bonds is 12. The zero-order chi connectivity index (χ0) is 23.3. The Kier molecular flexibility index (Phi) is 13.1. The van der Waals surface area contributed by atoms with Gasteiger partial charge >= 0.3 is 0 Å². The van der Waals surface area contributed by atoms with E-state index in [-0.39, 0.29) is 23.8 Å². The molecule has 0 aliphatic carbocycles. The second-order valence-electron chi connectivity index (χ2n) is 12.5. The fourth-order valence-electron chi connectivity index (χ4n) is 5.26. The highest BCUT2D eigenvalue weighted by molar-refractivity contribution is 7.68. The van der Waals surface area contributed by atoms with E-state index < -0.39 is 6.15 Å². The van der Waals surface area contributed by atoms with Crippen LogP contribution in [0.4, 0.5) is 0 Å². The first-order valence-electron chi connectivity index (χ1n) is 12.4. The lowest BCUT2D eigenvalue weighted by atomic mass is 9.18. The van der Waals surface area contributed by atoms with Gasteiger partial charge in [-0.05, 0) is 34.0 Å². The van der Waals surface area contributed by atoms with Gasteiger partial charge in [-0.15, -0.1) is 23.8 Å². The van der Waals surface area contributed by atoms with Gasteiger partial charge in [0, 0.05) is 6.15 Å². The maximum Gasteiger partial charge on any atom is 0.0192 e. The Hall–Kier alpha value is 1.35. The van der Waals surface area contributed by atoms with Crippen LogP contribution < -0.4 is 0 Å². The molecule has 0 fully saturated rings. The maximum atomic E-state index is 2.61. The smallest absolute Gasteiger partial charge is 0.0192 e. The lowest BCUT2D eigenvalue weighted by molar-refractivity contribution is 0.717. The first-order valence-corrected chi connectivity index (χ1v) is 17.4. The minimum atomic E-state index is -0.401. The van der Waals surface area contributed by atoms with Crippen molar-refractivity contribution in [1.82, 2.24) is 0 Å². The van der Waals surface area contributed by atoms with Crippen molar-refractivity contribution in [2.24, 2.45) is 0 Å². The normalized spacial score (nSPS) is 14.5. The predicted molar refractivity (Wildman–Crippen MR) is 152 cm³/mol. The Morgan fingerprint density at radius 2 is 0.621 bits per heavy atom. The summed E-state index contributed by atoms with van der Waals surface area (Å²) in [5.41, 5.74) is 5.10. The third-order valence-electron chi connectivity index (χ3n) is 7.50. The molecular formula is C25H57BP3-. The van der Waals surface area contributed by atoms with E-state index in [4.69, 9.17) is 0 Å². The first-order chi connectivity index (χ1) is 13.0. The van der Waals surface area contributed by atoms with Crippen molar-refractivity contribution in [1.29, 1.82) is 0 Å². The highest BCUT2D eigenvalue weighted by Gasteiger charge is 2.42. The average Bonchev–Trinajstić information content (AvgIpc) is 2.50. The molecule has 29 heavy (non-hydrogen) atoms. The van der Waals surface area contributed by atoms with Crippen LogP contribution in [-0.2, 0) is 0 Å². The molecule has 0 aliphatic rings. The van der Waals surface area contributed by atoms with Crippen molar-refractivity contribution in [2.45, 2.75) is 143 Å². The van der Waals surface area contributed by atoms with Gasteiger partial charge in [0.2, 0.25) is 0 Å². The van der Waals surface area contributed by atoms with Crippen LogP contribution >= 0.6 is 23.8 Å². The third kappa shape index (κ3) is 9.02. The zero-order valence-electron chi connectivity index (χ0n) is 23.0. The molecule has 0 aromatic heterocycles. The molecule has 0 atom stereocenters. The van der Waals surface area contributed by atoms with E-state index in [9.17, 15) is 0 Å². The molecule has 0 aromatic carbocycles. The van der Waals surface area contributed by atoms with E-state index >= 15 is 0 Å². The maximum absolute atomic E-state index is 2.61. The van der Waals surface area contributed by atoms with E-state index in [0.29, 0.717) is 5.31 Å². The number of hydrogen-bond donors (Lipinski definition) is 0. The van der Waals surface area contributed by atoms with E-state index in [2.05, 4.69) is 104 Å². The summed E-state index contributed by atoms with van der Waals surface area (Å²) in [7, 11) is 0.238. The minimum Gasteiger partial charge on any atom is -0.162 e. The fraction of sp³-hybridized carbons (Fsp3) is 1.00. The topological polar surface area (TPSA) is 0 Å². The van der Waals surface area contributed by atoms with Crippen LogP contribution in [-0.4, -0.2) is 58.3 Å². The van der Waals surface area contributed by atoms with Crippen LogP contribution in [0.3, 0.4) is 0 Å². The summed E-state index contributed by atoms with van der Waals surface area (Å²) in [5, 5.41) is 0.430. The lowest BCUT2D eigenvalue weighted by Gasteiger charge is -2.59. The van der Waals surface area contributed by atoms with Crippen LogP contribution in [0, 0.1) is 0 Å². The molecule has 0 aromatic rings. The van der Waals surface area contributed by atoms with Gasteiger partial charge in [-0.3, -0.25) is 0 Å². The molecule has 176 valence electrons. The van der Waals surface area contributed by atoms with Crippen molar-refractivity contribution in [3.8, 4) is 0 Å². The Morgan fingerprint density at radius 1 is 0.448 bits per heavy atom. The zero-order valence-corrected chi connectivity index (χ0v) is 25.7. The molecule has 0 bridgehead atoms. The van der Waals surface area contributed by atoms with Gasteiger partial charge in [0.25, 0.3) is 0 Å². The Morgan fingerprint density at radius 3 is 0.724 bits per heavy atom. The molecule has 0 aliphatic heterocycles. The molecule has 0 rings (SSSR count). The Bertz CT molecular complexity index is 370. The van der Waals surface area contributed by atoms with Crippen molar-refractivity contribution in [3.05, 3.63) is 0 Å². The minimum absolute atomic E-state index is 0.0793. The van der Waals surface area contributed by atoms with E-state index in [1.807, 2.05) is 0 Å². The molecule has 0 saturated heterocycles. The summed E-state index contributed by atoms with van der Waals surface area (Å²) in [6.07, 6.45) is -0.401. The van der Waals surface area contributed by atoms with Gasteiger partial charge in [0.1, 0.15) is 0 Å². The molecule has 0 saturated carbocycles. The monoisotopic (exact) mass is 461 g/mol. The van der Waals surface area contributed by atoms with Crippen molar-refractivity contribution < 1.29 is 0 Å². The molecular weight excluding hydrogens is 404 g/mol. The molecule has 0 unspecified atom stereocenters. The van der Waals surface area contributed by atoms with E-state index in [1.54, 1.807) is 18.2 Å². The van der Waals surface area contributed by atoms with Crippen LogP contribution in [0.25, 0.3) is 0 Å². The van der Waals surface area contributed by atoms with Gasteiger partial charge in [-0.1, -0.05) is 104 Å².